The maximum absolute atomic E-state index is 15.1. The van der Waals surface area contributed by atoms with Crippen molar-refractivity contribution in [1.29, 1.82) is 0 Å². The highest BCUT2D eigenvalue weighted by atomic mass is 32.2. The van der Waals surface area contributed by atoms with Crippen LogP contribution in [-0.2, 0) is 89.3 Å². The number of unbranched alkanes of at least 4 members (excludes halogenated alkanes) is 4. The lowest BCUT2D eigenvalue weighted by Crippen LogP contribution is -2.44. The molecule has 6 aromatic rings. The van der Waals surface area contributed by atoms with Gasteiger partial charge in [-0.2, -0.15) is 23.5 Å². The summed E-state index contributed by atoms with van der Waals surface area (Å²) in [4.78, 5) is 106. The summed E-state index contributed by atoms with van der Waals surface area (Å²) < 4.78 is 107. The second-order valence-electron chi connectivity index (χ2n) is 34.3. The maximum atomic E-state index is 15.1. The Balaban J connectivity index is 0.000000467. The summed E-state index contributed by atoms with van der Waals surface area (Å²) in [5.74, 6) is -7.43. The van der Waals surface area contributed by atoms with Gasteiger partial charge < -0.3 is 99.8 Å². The number of nitrogens with zero attached hydrogens (tertiary/aromatic N) is 4. The van der Waals surface area contributed by atoms with E-state index < -0.39 is 70.0 Å². The van der Waals surface area contributed by atoms with Crippen LogP contribution in [0.25, 0.3) is 22.3 Å². The van der Waals surface area contributed by atoms with E-state index in [-0.39, 0.29) is 121 Å². The molecule has 132 heavy (non-hydrogen) atoms. The van der Waals surface area contributed by atoms with Gasteiger partial charge in [0.25, 0.3) is 0 Å². The minimum Gasteiger partial charge on any atom is -0.481 e. The molecule has 0 unspecified atom stereocenters. The van der Waals surface area contributed by atoms with Crippen molar-refractivity contribution >= 4 is 70.7 Å². The molecule has 0 spiro atoms. The lowest BCUT2D eigenvalue weighted by Gasteiger charge is -2.41. The number of aliphatic carboxylic acids is 2. The van der Waals surface area contributed by atoms with Gasteiger partial charge in [-0.05, 0) is 149 Å². The van der Waals surface area contributed by atoms with Crippen molar-refractivity contribution in [2.75, 3.05) is 195 Å². The number of aromatic nitrogens is 2. The number of halogens is 4. The van der Waals surface area contributed by atoms with Gasteiger partial charge in [-0.15, -0.1) is 0 Å². The highest BCUT2D eigenvalue weighted by Crippen LogP contribution is 2.44. The lowest BCUT2D eigenvalue weighted by atomic mass is 9.83. The van der Waals surface area contributed by atoms with Crippen LogP contribution in [0.15, 0.2) is 122 Å². The Bertz CT molecular complexity index is 4030. The van der Waals surface area contributed by atoms with Crippen LogP contribution in [-0.4, -0.2) is 271 Å². The third-order valence-electron chi connectivity index (χ3n) is 21.2. The maximum Gasteiger partial charge on any atom is 0.307 e. The Kier molecular flexibility index (Phi) is 57.1. The van der Waals surface area contributed by atoms with Gasteiger partial charge in [0.15, 0.2) is 0 Å². The number of amides is 4. The van der Waals surface area contributed by atoms with E-state index >= 15 is 8.78 Å². The van der Waals surface area contributed by atoms with Crippen LogP contribution in [0.5, 0.6) is 0 Å². The molecule has 4 aromatic carbocycles. The zero-order valence-electron chi connectivity index (χ0n) is 78.7. The van der Waals surface area contributed by atoms with Crippen LogP contribution in [0, 0.1) is 45.9 Å². The molecular formula is C98H146F4N10O18S2. The van der Waals surface area contributed by atoms with Crippen molar-refractivity contribution in [1.82, 2.24) is 40.2 Å². The minimum atomic E-state index is -1.12. The van der Waals surface area contributed by atoms with Crippen LogP contribution in [0.1, 0.15) is 166 Å². The number of hydrogen-bond donors (Lipinski definition) is 8. The summed E-state index contributed by atoms with van der Waals surface area (Å²) in [6.45, 7) is 22.3. The number of benzene rings is 4. The topological polar surface area (TPSA) is 367 Å². The number of carbonyl (C=O) groups excluding carboxylic acids is 6. The van der Waals surface area contributed by atoms with E-state index in [1.807, 2.05) is 138 Å². The largest absolute Gasteiger partial charge is 0.481 e. The number of carbonyl (C=O) groups is 8. The summed E-state index contributed by atoms with van der Waals surface area (Å²) >= 11 is 2.31. The zero-order valence-corrected chi connectivity index (χ0v) is 80.3. The number of rotatable bonds is 72. The summed E-state index contributed by atoms with van der Waals surface area (Å²) in [5.41, 5.74) is 15.4. The molecule has 4 amide bonds. The first-order valence-corrected chi connectivity index (χ1v) is 48.3. The van der Waals surface area contributed by atoms with Crippen molar-refractivity contribution in [2.24, 2.45) is 34.1 Å². The number of ketones is 2. The second kappa shape index (κ2) is 66.1. The number of nitrogens with one attached hydrogen (secondary N) is 4. The van der Waals surface area contributed by atoms with Gasteiger partial charge in [-0.3, -0.25) is 38.4 Å². The zero-order chi connectivity index (χ0) is 96.3. The molecule has 0 saturated heterocycles. The Labute approximate surface area is 786 Å². The molecule has 6 rings (SSSR count). The Morgan fingerprint density at radius 1 is 0.417 bits per heavy atom. The molecule has 28 nitrogen and oxygen atoms in total. The van der Waals surface area contributed by atoms with E-state index in [0.717, 1.165) is 134 Å². The van der Waals surface area contributed by atoms with Gasteiger partial charge in [-0.1, -0.05) is 115 Å². The van der Waals surface area contributed by atoms with Crippen LogP contribution in [0.4, 0.5) is 17.6 Å². The predicted molar refractivity (Wildman–Crippen MR) is 509 cm³/mol. The third-order valence-corrected chi connectivity index (χ3v) is 23.4. The van der Waals surface area contributed by atoms with Crippen molar-refractivity contribution in [3.8, 4) is 22.3 Å². The smallest absolute Gasteiger partial charge is 0.307 e. The van der Waals surface area contributed by atoms with Crippen molar-refractivity contribution in [3.63, 3.8) is 0 Å². The summed E-state index contributed by atoms with van der Waals surface area (Å²) in [5, 5.41) is 31.9. The lowest BCUT2D eigenvalue weighted by molar-refractivity contribution is -0.143. The molecule has 34 heteroatoms. The van der Waals surface area contributed by atoms with E-state index in [1.54, 1.807) is 22.2 Å². The Hall–Kier alpha value is -8.46. The second-order valence-corrected chi connectivity index (χ2v) is 36.4. The standard InChI is InChI=1S/2C49H73F2N5O9S/c2*1-49(2,3)47(44-31-38(42-32-40(50)15-16-43(42)51)34-55(44)33-37-12-7-5-8-13-37)56(21-11-18-52)46(59)36-66-35-39(48(60)61)30-41(57)17-22-62-24-26-64-28-29-65-27-25-63-23-20-54-45(58)14-9-6-10-19-53-4/h2*5,7-8,12-13,15-16,31-32,34,39,47,53H,6,9-11,14,17-30,33,35-36,52H2,1-4H3,(H,54,58)(H,60,61)/t2*39-,47-/m00/s1. The first-order chi connectivity index (χ1) is 63.5. The highest BCUT2D eigenvalue weighted by molar-refractivity contribution is 8.00. The van der Waals surface area contributed by atoms with E-state index in [9.17, 15) is 57.4 Å². The minimum absolute atomic E-state index is 0.0369. The molecule has 0 aliphatic rings. The molecule has 4 atom stereocenters. The molecule has 2 heterocycles. The van der Waals surface area contributed by atoms with Crippen molar-refractivity contribution in [3.05, 3.63) is 167 Å². The molecule has 0 aliphatic heterocycles. The van der Waals surface area contributed by atoms with E-state index in [1.165, 1.54) is 0 Å². The average molecular weight is 1890 g/mol. The van der Waals surface area contributed by atoms with Gasteiger partial charge in [0.05, 0.1) is 141 Å². The van der Waals surface area contributed by atoms with Crippen molar-refractivity contribution in [2.45, 2.75) is 157 Å². The molecule has 0 aliphatic carbocycles. The van der Waals surface area contributed by atoms with Gasteiger partial charge >= 0.3 is 11.9 Å². The molecule has 736 valence electrons. The van der Waals surface area contributed by atoms with Gasteiger partial charge in [-0.25, -0.2) is 17.6 Å². The fourth-order valence-corrected chi connectivity index (χ4v) is 16.6. The number of carboxylic acids is 2. The first-order valence-electron chi connectivity index (χ1n) is 46.0. The molecule has 10 N–H and O–H groups in total. The third kappa shape index (κ3) is 46.2. The SMILES string of the molecule is CNCCCCCC(=O)NCCOCCOCCOCCOCCC(=O)C[C@@H](CSCC(=O)N(CCCN)[C@@H](c1cc(-c2cc(F)ccc2F)cn1Cc1ccccc1)C(C)(C)C)C(=O)O.CNCCCCCC(=O)NCCOCCOCCOCCOCCC(=O)C[C@@H](CSCC(=O)N(CCCN)[C@@H](c1cc(-c2cc(F)ccc2F)cn1Cc1ccccc1)C(C)(C)C)C(=O)O. The number of ether oxygens (including phenoxy) is 8. The predicted octanol–water partition coefficient (Wildman–Crippen LogP) is 13.0. The fraction of sp³-hybridized carbons (Fsp3) is 0.592. The monoisotopic (exact) mass is 1890 g/mol. The number of Topliss-reactive ketones (excluding diaryl/α,β-unsaturated/α-hetero) is 2. The summed E-state index contributed by atoms with van der Waals surface area (Å²) in [6.07, 6.45) is 11.2. The Morgan fingerprint density at radius 2 is 0.750 bits per heavy atom. The number of hydrogen-bond acceptors (Lipinski definition) is 22. The fourth-order valence-electron chi connectivity index (χ4n) is 14.6. The molecule has 0 radical (unpaired) electrons. The van der Waals surface area contributed by atoms with Crippen LogP contribution in [0.3, 0.4) is 0 Å². The Morgan fingerprint density at radius 3 is 1.07 bits per heavy atom. The van der Waals surface area contributed by atoms with E-state index in [4.69, 9.17) is 49.4 Å². The molecule has 0 fully saturated rings. The van der Waals surface area contributed by atoms with Gasteiger partial charge in [0.2, 0.25) is 23.6 Å². The summed E-state index contributed by atoms with van der Waals surface area (Å²) in [6, 6.07) is 28.6. The number of nitrogens with two attached hydrogens (primary N) is 2. The molecule has 2 aromatic heterocycles. The van der Waals surface area contributed by atoms with Crippen LogP contribution < -0.4 is 32.7 Å². The quantitative estimate of drug-likeness (QED) is 0.0130. The van der Waals surface area contributed by atoms with Crippen LogP contribution >= 0.6 is 23.5 Å². The number of thioether (sulfide) groups is 2. The number of carboxylic acid groups (broad SMARTS) is 2. The van der Waals surface area contributed by atoms with Gasteiger partial charge in [0.1, 0.15) is 34.8 Å². The molecule has 0 bridgehead atoms. The normalized spacial score (nSPS) is 12.5. The van der Waals surface area contributed by atoms with Crippen LogP contribution in [0.2, 0.25) is 0 Å². The highest BCUT2D eigenvalue weighted by Gasteiger charge is 2.40. The van der Waals surface area contributed by atoms with Gasteiger partial charge in [0, 0.05) is 135 Å². The first kappa shape index (κ1) is 114. The molecule has 0 saturated carbocycles. The average Bonchev–Trinajstić information content (AvgIpc) is 1.60. The molecular weight excluding hydrogens is 1750 g/mol. The van der Waals surface area contributed by atoms with E-state index in [2.05, 4.69) is 21.3 Å². The summed E-state index contributed by atoms with van der Waals surface area (Å²) in [7, 11) is 3.83. The van der Waals surface area contributed by atoms with Crippen molar-refractivity contribution < 1.29 is 104 Å². The van der Waals surface area contributed by atoms with E-state index in [0.29, 0.717) is 168 Å².